The van der Waals surface area contributed by atoms with E-state index in [0.717, 1.165) is 29.1 Å². The monoisotopic (exact) mass is 516 g/mol. The highest BCUT2D eigenvalue weighted by atomic mass is 32.2. The van der Waals surface area contributed by atoms with E-state index in [0.29, 0.717) is 34.8 Å². The van der Waals surface area contributed by atoms with Gasteiger partial charge in [0.05, 0.1) is 17.7 Å². The van der Waals surface area contributed by atoms with E-state index >= 15 is 0 Å². The highest BCUT2D eigenvalue weighted by Gasteiger charge is 2.12. The summed E-state index contributed by atoms with van der Waals surface area (Å²) in [6, 6.07) is 20.3. The lowest BCUT2D eigenvalue weighted by Crippen LogP contribution is -2.10. The van der Waals surface area contributed by atoms with Crippen molar-refractivity contribution >= 4 is 35.7 Å². The molecule has 3 aromatic carbocycles. The third kappa shape index (κ3) is 8.81. The first kappa shape index (κ1) is 27.5. The molecule has 0 saturated heterocycles. The van der Waals surface area contributed by atoms with Gasteiger partial charge in [0.2, 0.25) is 0 Å². The number of thioether (sulfide) groups is 1. The Morgan fingerprint density at radius 2 is 1.30 bits per heavy atom. The lowest BCUT2D eigenvalue weighted by molar-refractivity contribution is -0.139. The fourth-order valence-corrected chi connectivity index (χ4v) is 3.95. The van der Waals surface area contributed by atoms with E-state index in [1.54, 1.807) is 85.4 Å². The van der Waals surface area contributed by atoms with Gasteiger partial charge >= 0.3 is 17.9 Å². The minimum Gasteiger partial charge on any atom is -0.462 e. The molecule has 190 valence electrons. The van der Waals surface area contributed by atoms with Crippen LogP contribution in [-0.4, -0.2) is 30.3 Å². The molecule has 0 N–H and O–H groups in total. The molecule has 0 amide bonds. The molecule has 0 saturated carbocycles. The van der Waals surface area contributed by atoms with Crippen LogP contribution < -0.4 is 9.47 Å². The zero-order chi connectivity index (χ0) is 26.6. The molecule has 0 spiro atoms. The summed E-state index contributed by atoms with van der Waals surface area (Å²) in [7, 11) is 0. The van der Waals surface area contributed by atoms with E-state index in [-0.39, 0.29) is 5.97 Å². The quantitative estimate of drug-likeness (QED) is 0.0865. The van der Waals surface area contributed by atoms with Crippen molar-refractivity contribution in [1.29, 1.82) is 0 Å². The summed E-state index contributed by atoms with van der Waals surface area (Å²) >= 11 is 1.66. The average Bonchev–Trinajstić information content (AvgIpc) is 2.91. The molecule has 3 aromatic rings. The summed E-state index contributed by atoms with van der Waals surface area (Å²) in [6.07, 6.45) is 3.37. The number of rotatable bonds is 12. The van der Waals surface area contributed by atoms with Crippen LogP contribution in [-0.2, 0) is 9.53 Å². The van der Waals surface area contributed by atoms with Gasteiger partial charge in [0, 0.05) is 10.5 Å². The number of unbranched alkanes of at least 4 members (excludes halogenated alkanes) is 1. The van der Waals surface area contributed by atoms with E-state index in [4.69, 9.17) is 14.2 Å². The van der Waals surface area contributed by atoms with Gasteiger partial charge in [0.15, 0.2) is 0 Å². The maximum atomic E-state index is 12.5. The molecular weight excluding hydrogens is 488 g/mol. The van der Waals surface area contributed by atoms with Crippen molar-refractivity contribution in [1.82, 2.24) is 0 Å². The highest BCUT2D eigenvalue weighted by Crippen LogP contribution is 2.22. The maximum absolute atomic E-state index is 12.5. The average molecular weight is 517 g/mol. The minimum atomic E-state index is -0.509. The summed E-state index contributed by atoms with van der Waals surface area (Å²) in [5, 5.41) is 0. The van der Waals surface area contributed by atoms with Gasteiger partial charge in [-0.2, -0.15) is 0 Å². The van der Waals surface area contributed by atoms with Gasteiger partial charge in [-0.3, -0.25) is 0 Å². The normalized spacial score (nSPS) is 10.3. The standard InChI is InChI=1S/C30H28O6S/c1-4-22-7-13-25(14-8-22)35-29(32)23-9-15-26(16-10-23)36-30(33)24-11-17-27(18-12-24)37-20-6-5-19-34-28(31)21(2)3/h4,7-18H,1-2,5-6,19-20H2,3H3. The zero-order valence-corrected chi connectivity index (χ0v) is 21.4. The van der Waals surface area contributed by atoms with Gasteiger partial charge < -0.3 is 14.2 Å². The van der Waals surface area contributed by atoms with Crippen LogP contribution in [0.25, 0.3) is 6.08 Å². The third-order valence-electron chi connectivity index (χ3n) is 5.11. The van der Waals surface area contributed by atoms with Gasteiger partial charge in [-0.1, -0.05) is 31.4 Å². The first-order chi connectivity index (χ1) is 17.9. The Hall–Kier alpha value is -4.10. The van der Waals surface area contributed by atoms with Gasteiger partial charge in [-0.15, -0.1) is 11.8 Å². The fourth-order valence-electron chi connectivity index (χ4n) is 3.03. The van der Waals surface area contributed by atoms with Crippen LogP contribution in [0.15, 0.2) is 96.4 Å². The molecule has 37 heavy (non-hydrogen) atoms. The van der Waals surface area contributed by atoms with Crippen LogP contribution in [0.5, 0.6) is 11.5 Å². The number of benzene rings is 3. The topological polar surface area (TPSA) is 78.9 Å². The molecule has 0 bridgehead atoms. The summed E-state index contributed by atoms with van der Waals surface area (Å²) in [4.78, 5) is 37.2. The number of ether oxygens (including phenoxy) is 3. The molecule has 0 aliphatic rings. The lowest BCUT2D eigenvalue weighted by Gasteiger charge is -2.08. The molecule has 0 atom stereocenters. The van der Waals surface area contributed by atoms with E-state index in [1.165, 1.54) is 0 Å². The Balaban J connectivity index is 1.43. The largest absolute Gasteiger partial charge is 0.462 e. The molecule has 0 heterocycles. The number of carbonyl (C=O) groups excluding carboxylic acids is 3. The van der Waals surface area contributed by atoms with Crippen LogP contribution >= 0.6 is 11.8 Å². The van der Waals surface area contributed by atoms with Crippen molar-refractivity contribution in [3.63, 3.8) is 0 Å². The zero-order valence-electron chi connectivity index (χ0n) is 20.6. The molecule has 0 radical (unpaired) electrons. The first-order valence-electron chi connectivity index (χ1n) is 11.7. The molecule has 0 aliphatic heterocycles. The number of carbonyl (C=O) groups is 3. The Morgan fingerprint density at radius 1 is 0.784 bits per heavy atom. The molecule has 0 aliphatic carbocycles. The van der Waals surface area contributed by atoms with Gasteiger partial charge in [0.1, 0.15) is 11.5 Å². The fraction of sp³-hybridized carbons (Fsp3) is 0.167. The van der Waals surface area contributed by atoms with E-state index < -0.39 is 11.9 Å². The second-order valence-electron chi connectivity index (χ2n) is 8.07. The second kappa shape index (κ2) is 13.8. The minimum absolute atomic E-state index is 0.322. The Labute approximate surface area is 220 Å². The van der Waals surface area contributed by atoms with Gasteiger partial charge in [0.25, 0.3) is 0 Å². The van der Waals surface area contributed by atoms with Crippen LogP contribution in [0.1, 0.15) is 46.0 Å². The Bertz CT molecular complexity index is 1240. The van der Waals surface area contributed by atoms with Gasteiger partial charge in [-0.25, -0.2) is 14.4 Å². The van der Waals surface area contributed by atoms with Crippen LogP contribution in [0.2, 0.25) is 0 Å². The Morgan fingerprint density at radius 3 is 1.81 bits per heavy atom. The molecule has 3 rings (SSSR count). The maximum Gasteiger partial charge on any atom is 0.343 e. The van der Waals surface area contributed by atoms with Crippen LogP contribution in [0.3, 0.4) is 0 Å². The summed E-state index contributed by atoms with van der Waals surface area (Å²) in [5.41, 5.74) is 2.08. The number of hydrogen-bond donors (Lipinski definition) is 0. The van der Waals surface area contributed by atoms with Crippen molar-refractivity contribution in [3.8, 4) is 11.5 Å². The van der Waals surface area contributed by atoms with Gasteiger partial charge in [-0.05, 0) is 91.7 Å². The summed E-state index contributed by atoms with van der Waals surface area (Å²) in [6.45, 7) is 9.24. The molecule has 7 heteroatoms. The first-order valence-corrected chi connectivity index (χ1v) is 12.7. The SMILES string of the molecule is C=Cc1ccc(OC(=O)c2ccc(OC(=O)c3ccc(SCCCCOC(=O)C(=C)C)cc3)cc2)cc1. The number of hydrogen-bond acceptors (Lipinski definition) is 7. The summed E-state index contributed by atoms with van der Waals surface area (Å²) in [5.74, 6) is 0.251. The molecule has 6 nitrogen and oxygen atoms in total. The predicted molar refractivity (Wildman–Crippen MR) is 145 cm³/mol. The van der Waals surface area contributed by atoms with Crippen LogP contribution in [0, 0.1) is 0 Å². The smallest absolute Gasteiger partial charge is 0.343 e. The van der Waals surface area contributed by atoms with Crippen LogP contribution in [0.4, 0.5) is 0 Å². The molecule has 0 aromatic heterocycles. The highest BCUT2D eigenvalue weighted by molar-refractivity contribution is 7.99. The molecule has 0 fully saturated rings. The van der Waals surface area contributed by atoms with E-state index in [1.807, 2.05) is 12.1 Å². The summed E-state index contributed by atoms with van der Waals surface area (Å²) < 4.78 is 15.9. The van der Waals surface area contributed by atoms with Crippen molar-refractivity contribution in [2.75, 3.05) is 12.4 Å². The van der Waals surface area contributed by atoms with Crippen molar-refractivity contribution < 1.29 is 28.6 Å². The van der Waals surface area contributed by atoms with E-state index in [2.05, 4.69) is 13.2 Å². The van der Waals surface area contributed by atoms with Crippen molar-refractivity contribution in [3.05, 3.63) is 108 Å². The predicted octanol–water partition coefficient (Wildman–Crippen LogP) is 6.76. The lowest BCUT2D eigenvalue weighted by atomic mass is 10.2. The molecule has 0 unspecified atom stereocenters. The third-order valence-corrected chi connectivity index (χ3v) is 6.20. The van der Waals surface area contributed by atoms with Crippen molar-refractivity contribution in [2.45, 2.75) is 24.7 Å². The van der Waals surface area contributed by atoms with E-state index in [9.17, 15) is 14.4 Å². The Kier molecular flexibility index (Phi) is 10.3. The number of esters is 3. The molecular formula is C30H28O6S. The second-order valence-corrected chi connectivity index (χ2v) is 9.24. The van der Waals surface area contributed by atoms with Crippen molar-refractivity contribution in [2.24, 2.45) is 0 Å².